The van der Waals surface area contributed by atoms with Crippen LogP contribution < -0.4 is 9.47 Å². The lowest BCUT2D eigenvalue weighted by atomic mass is 10.1. The maximum absolute atomic E-state index is 12.9. The van der Waals surface area contributed by atoms with Gasteiger partial charge in [-0.2, -0.15) is 18.0 Å². The highest BCUT2D eigenvalue weighted by Gasteiger charge is 2.30. The molecule has 160 valence electrons. The van der Waals surface area contributed by atoms with E-state index in [-0.39, 0.29) is 17.9 Å². The molecular weight excluding hydrogens is 431 g/mol. The summed E-state index contributed by atoms with van der Waals surface area (Å²) < 4.78 is 49.4. The number of ether oxygens (including phenoxy) is 2. The zero-order valence-electron chi connectivity index (χ0n) is 16.4. The summed E-state index contributed by atoms with van der Waals surface area (Å²) >= 11 is 1.43. The molecule has 2 heterocycles. The Morgan fingerprint density at radius 3 is 2.65 bits per heavy atom. The van der Waals surface area contributed by atoms with Crippen LogP contribution in [0.2, 0.25) is 0 Å². The molecule has 0 amide bonds. The van der Waals surface area contributed by atoms with Gasteiger partial charge < -0.3 is 9.47 Å². The zero-order valence-corrected chi connectivity index (χ0v) is 17.2. The van der Waals surface area contributed by atoms with Gasteiger partial charge in [-0.3, -0.25) is 0 Å². The van der Waals surface area contributed by atoms with E-state index < -0.39 is 11.7 Å². The second-order valence-electron chi connectivity index (χ2n) is 6.43. The Balaban J connectivity index is 1.54. The molecule has 2 aromatic heterocycles. The second kappa shape index (κ2) is 8.34. The molecule has 4 aromatic rings. The third-order valence-electron chi connectivity index (χ3n) is 4.40. The zero-order chi connectivity index (χ0) is 22.0. The highest BCUT2D eigenvalue weighted by atomic mass is 32.1. The van der Waals surface area contributed by atoms with E-state index in [0.29, 0.717) is 17.2 Å². The van der Waals surface area contributed by atoms with Crippen molar-refractivity contribution in [3.8, 4) is 33.5 Å². The number of tetrazole rings is 1. The molecule has 31 heavy (non-hydrogen) atoms. The summed E-state index contributed by atoms with van der Waals surface area (Å²) in [7, 11) is 3.15. The van der Waals surface area contributed by atoms with Crippen molar-refractivity contribution in [2.75, 3.05) is 14.2 Å². The molecule has 4 rings (SSSR count). The minimum absolute atomic E-state index is 0.110. The van der Waals surface area contributed by atoms with Crippen LogP contribution in [-0.4, -0.2) is 39.4 Å². The Morgan fingerprint density at radius 2 is 1.90 bits per heavy atom. The normalized spacial score (nSPS) is 11.5. The lowest BCUT2D eigenvalue weighted by Crippen LogP contribution is -2.05. The van der Waals surface area contributed by atoms with Crippen molar-refractivity contribution in [2.45, 2.75) is 12.7 Å². The maximum Gasteiger partial charge on any atom is 0.416 e. The van der Waals surface area contributed by atoms with E-state index in [1.165, 1.54) is 28.3 Å². The van der Waals surface area contributed by atoms with Crippen molar-refractivity contribution in [3.63, 3.8) is 0 Å². The second-order valence-corrected chi connectivity index (χ2v) is 7.29. The molecule has 0 aliphatic heterocycles. The van der Waals surface area contributed by atoms with Crippen molar-refractivity contribution in [1.82, 2.24) is 25.2 Å². The fourth-order valence-corrected chi connectivity index (χ4v) is 3.72. The van der Waals surface area contributed by atoms with Gasteiger partial charge in [0.15, 0.2) is 0 Å². The largest absolute Gasteiger partial charge is 0.497 e. The smallest absolute Gasteiger partial charge is 0.416 e. The average molecular weight is 447 g/mol. The first-order valence-corrected chi connectivity index (χ1v) is 9.87. The van der Waals surface area contributed by atoms with Crippen molar-refractivity contribution >= 4 is 11.3 Å². The van der Waals surface area contributed by atoms with Crippen molar-refractivity contribution < 1.29 is 22.6 Å². The fraction of sp³-hybridized carbons (Fsp3) is 0.200. The van der Waals surface area contributed by atoms with Gasteiger partial charge in [-0.1, -0.05) is 12.1 Å². The Hall–Kier alpha value is -3.47. The van der Waals surface area contributed by atoms with Crippen LogP contribution in [0.15, 0.2) is 47.8 Å². The molecule has 0 radical (unpaired) electrons. The van der Waals surface area contributed by atoms with Gasteiger partial charge in [0, 0.05) is 17.0 Å². The highest BCUT2D eigenvalue weighted by molar-refractivity contribution is 7.13. The number of nitrogens with zero attached hydrogens (tertiary/aromatic N) is 5. The standard InChI is InChI=1S/C20H16F3N5O2S/c1-29-15-6-7-16(17(9-15)30-2)19-24-14(11-31-19)10-28-26-18(25-27-28)12-4-3-5-13(8-12)20(21,22)23/h3-9,11H,10H2,1-2H3. The Labute approximate surface area is 179 Å². The molecule has 0 saturated carbocycles. The van der Waals surface area contributed by atoms with E-state index in [4.69, 9.17) is 9.47 Å². The summed E-state index contributed by atoms with van der Waals surface area (Å²) in [6.07, 6.45) is -4.44. The SMILES string of the molecule is COc1ccc(-c2nc(Cn3nnc(-c4cccc(C(F)(F)F)c4)n3)cs2)c(OC)c1. The van der Waals surface area contributed by atoms with Gasteiger partial charge in [0.2, 0.25) is 5.82 Å². The number of halogens is 3. The van der Waals surface area contributed by atoms with E-state index >= 15 is 0 Å². The van der Waals surface area contributed by atoms with E-state index in [2.05, 4.69) is 20.4 Å². The first-order chi connectivity index (χ1) is 14.9. The van der Waals surface area contributed by atoms with Gasteiger partial charge in [0.1, 0.15) is 23.1 Å². The van der Waals surface area contributed by atoms with Crippen LogP contribution in [0.3, 0.4) is 0 Å². The number of hydrogen-bond acceptors (Lipinski definition) is 7. The first-order valence-electron chi connectivity index (χ1n) is 8.99. The third-order valence-corrected chi connectivity index (χ3v) is 5.32. The number of thiazole rings is 1. The van der Waals surface area contributed by atoms with E-state index in [0.717, 1.165) is 22.7 Å². The number of alkyl halides is 3. The minimum Gasteiger partial charge on any atom is -0.497 e. The van der Waals surface area contributed by atoms with Crippen LogP contribution >= 0.6 is 11.3 Å². The number of rotatable bonds is 6. The molecule has 0 atom stereocenters. The van der Waals surface area contributed by atoms with E-state index in [1.54, 1.807) is 20.3 Å². The van der Waals surface area contributed by atoms with Crippen molar-refractivity contribution in [3.05, 3.63) is 59.1 Å². The summed E-state index contributed by atoms with van der Waals surface area (Å²) in [5.41, 5.74) is 0.976. The average Bonchev–Trinajstić information content (AvgIpc) is 3.43. The molecule has 0 fully saturated rings. The molecule has 2 aromatic carbocycles. The van der Waals surface area contributed by atoms with Gasteiger partial charge in [-0.25, -0.2) is 4.98 Å². The molecule has 0 aliphatic carbocycles. The number of methoxy groups -OCH3 is 2. The Bertz CT molecular complexity index is 1210. The van der Waals surface area contributed by atoms with Crippen LogP contribution in [0.25, 0.3) is 22.0 Å². The predicted octanol–water partition coefficient (Wildman–Crippen LogP) is 4.55. The molecule has 0 spiro atoms. The molecule has 0 N–H and O–H groups in total. The van der Waals surface area contributed by atoms with Crippen molar-refractivity contribution in [2.24, 2.45) is 0 Å². The van der Waals surface area contributed by atoms with Crippen LogP contribution in [0.5, 0.6) is 11.5 Å². The van der Waals surface area contributed by atoms with Crippen LogP contribution in [-0.2, 0) is 12.7 Å². The lowest BCUT2D eigenvalue weighted by Gasteiger charge is -2.08. The highest BCUT2D eigenvalue weighted by Crippen LogP contribution is 2.35. The minimum atomic E-state index is -4.44. The first kappa shape index (κ1) is 20.8. The quantitative estimate of drug-likeness (QED) is 0.432. The topological polar surface area (TPSA) is 75.0 Å². The predicted molar refractivity (Wildman–Crippen MR) is 108 cm³/mol. The van der Waals surface area contributed by atoms with E-state index in [1.807, 2.05) is 17.5 Å². The summed E-state index contributed by atoms with van der Waals surface area (Å²) in [5.74, 6) is 1.41. The van der Waals surface area contributed by atoms with E-state index in [9.17, 15) is 13.2 Å². The van der Waals surface area contributed by atoms with Crippen LogP contribution in [0, 0.1) is 0 Å². The monoisotopic (exact) mass is 447 g/mol. The summed E-state index contributed by atoms with van der Waals surface area (Å²) in [4.78, 5) is 5.88. The van der Waals surface area contributed by atoms with Gasteiger partial charge in [-0.15, -0.1) is 21.5 Å². The molecule has 0 saturated heterocycles. The lowest BCUT2D eigenvalue weighted by molar-refractivity contribution is -0.137. The summed E-state index contributed by atoms with van der Waals surface area (Å²) in [6.45, 7) is 0.223. The molecule has 0 aliphatic rings. The van der Waals surface area contributed by atoms with Gasteiger partial charge in [0.25, 0.3) is 0 Å². The van der Waals surface area contributed by atoms with Gasteiger partial charge in [0.05, 0.1) is 31.0 Å². The molecule has 7 nitrogen and oxygen atoms in total. The summed E-state index contributed by atoms with van der Waals surface area (Å²) in [5, 5.41) is 14.6. The van der Waals surface area contributed by atoms with Gasteiger partial charge in [-0.05, 0) is 29.5 Å². The molecule has 0 bridgehead atoms. The molecule has 0 unspecified atom stereocenters. The molecule has 11 heteroatoms. The third kappa shape index (κ3) is 4.50. The Kier molecular flexibility index (Phi) is 5.59. The number of benzene rings is 2. The number of hydrogen-bond donors (Lipinski definition) is 0. The number of aromatic nitrogens is 5. The fourth-order valence-electron chi connectivity index (χ4n) is 2.88. The molecular formula is C20H16F3N5O2S. The Morgan fingerprint density at radius 1 is 1.06 bits per heavy atom. The van der Waals surface area contributed by atoms with Crippen LogP contribution in [0.1, 0.15) is 11.3 Å². The van der Waals surface area contributed by atoms with Gasteiger partial charge >= 0.3 is 6.18 Å². The maximum atomic E-state index is 12.9. The van der Waals surface area contributed by atoms with Crippen LogP contribution in [0.4, 0.5) is 13.2 Å². The van der Waals surface area contributed by atoms with Crippen molar-refractivity contribution in [1.29, 1.82) is 0 Å². The summed E-state index contributed by atoms with van der Waals surface area (Å²) in [6, 6.07) is 10.3.